The highest BCUT2D eigenvalue weighted by atomic mass is 16.6. The standard InChI is InChI=1S/C22H26N2O4/c1-4-24(13-18-14-27-19-7-5-6-8-20(19)28-18)21(25)12-23-22(26)17-10-15(2)9-16(3)11-17/h5-11,18H,4,12-14H2,1-3H3,(H,23,26). The highest BCUT2D eigenvalue weighted by Crippen LogP contribution is 2.31. The van der Waals surface area contributed by atoms with Gasteiger partial charge in [-0.2, -0.15) is 0 Å². The Bertz CT molecular complexity index is 845. The van der Waals surface area contributed by atoms with E-state index in [0.717, 1.165) is 11.1 Å². The third-order valence-corrected chi connectivity index (χ3v) is 4.61. The van der Waals surface area contributed by atoms with Crippen LogP contribution in [0.4, 0.5) is 0 Å². The van der Waals surface area contributed by atoms with Crippen molar-refractivity contribution in [3.63, 3.8) is 0 Å². The molecule has 0 bridgehead atoms. The van der Waals surface area contributed by atoms with Gasteiger partial charge < -0.3 is 19.7 Å². The second kappa shape index (κ2) is 8.78. The number of nitrogens with one attached hydrogen (secondary N) is 1. The van der Waals surface area contributed by atoms with E-state index >= 15 is 0 Å². The van der Waals surface area contributed by atoms with Crippen LogP contribution in [0.25, 0.3) is 0 Å². The summed E-state index contributed by atoms with van der Waals surface area (Å²) in [6.45, 7) is 7.06. The fourth-order valence-corrected chi connectivity index (χ4v) is 3.28. The molecule has 0 saturated carbocycles. The number of carbonyl (C=O) groups excluding carboxylic acids is 2. The highest BCUT2D eigenvalue weighted by Gasteiger charge is 2.25. The number of para-hydroxylation sites is 2. The molecule has 1 heterocycles. The zero-order chi connectivity index (χ0) is 20.1. The normalized spacial score (nSPS) is 15.0. The Kier molecular flexibility index (Phi) is 6.19. The van der Waals surface area contributed by atoms with Gasteiger partial charge in [-0.1, -0.05) is 29.3 Å². The van der Waals surface area contributed by atoms with E-state index in [1.807, 2.05) is 63.2 Å². The van der Waals surface area contributed by atoms with E-state index < -0.39 is 0 Å². The number of hydrogen-bond acceptors (Lipinski definition) is 4. The molecule has 0 saturated heterocycles. The third-order valence-electron chi connectivity index (χ3n) is 4.61. The van der Waals surface area contributed by atoms with Gasteiger partial charge in [-0.05, 0) is 45.0 Å². The first-order valence-corrected chi connectivity index (χ1v) is 9.49. The van der Waals surface area contributed by atoms with Gasteiger partial charge >= 0.3 is 0 Å². The van der Waals surface area contributed by atoms with Crippen LogP contribution in [0.15, 0.2) is 42.5 Å². The van der Waals surface area contributed by atoms with Crippen molar-refractivity contribution in [2.75, 3.05) is 26.2 Å². The lowest BCUT2D eigenvalue weighted by Crippen LogP contribution is -2.46. The number of carbonyl (C=O) groups is 2. The fraction of sp³-hybridized carbons (Fsp3) is 0.364. The molecular formula is C22H26N2O4. The van der Waals surface area contributed by atoms with Crippen LogP contribution in [0.2, 0.25) is 0 Å². The van der Waals surface area contributed by atoms with E-state index in [0.29, 0.717) is 36.8 Å². The molecule has 0 aliphatic carbocycles. The quantitative estimate of drug-likeness (QED) is 0.834. The van der Waals surface area contributed by atoms with Crippen LogP contribution in [0.1, 0.15) is 28.4 Å². The van der Waals surface area contributed by atoms with Crippen LogP contribution in [0.3, 0.4) is 0 Å². The summed E-state index contributed by atoms with van der Waals surface area (Å²) in [5, 5.41) is 2.72. The summed E-state index contributed by atoms with van der Waals surface area (Å²) in [5.41, 5.74) is 2.59. The van der Waals surface area contributed by atoms with Crippen LogP contribution in [0.5, 0.6) is 11.5 Å². The Balaban J connectivity index is 1.54. The fourth-order valence-electron chi connectivity index (χ4n) is 3.28. The van der Waals surface area contributed by atoms with E-state index in [2.05, 4.69) is 5.32 Å². The van der Waals surface area contributed by atoms with E-state index in [1.165, 1.54) is 0 Å². The monoisotopic (exact) mass is 382 g/mol. The number of fused-ring (bicyclic) bond motifs is 1. The molecule has 1 unspecified atom stereocenters. The Morgan fingerprint density at radius 2 is 1.79 bits per heavy atom. The van der Waals surface area contributed by atoms with Gasteiger partial charge in [-0.15, -0.1) is 0 Å². The van der Waals surface area contributed by atoms with Crippen LogP contribution < -0.4 is 14.8 Å². The lowest BCUT2D eigenvalue weighted by molar-refractivity contribution is -0.131. The molecule has 2 aromatic rings. The van der Waals surface area contributed by atoms with Crippen molar-refractivity contribution >= 4 is 11.8 Å². The van der Waals surface area contributed by atoms with Crippen LogP contribution in [-0.4, -0.2) is 49.1 Å². The number of likely N-dealkylation sites (N-methyl/N-ethyl adjacent to an activating group) is 1. The molecule has 0 spiro atoms. The lowest BCUT2D eigenvalue weighted by Gasteiger charge is -2.31. The van der Waals surface area contributed by atoms with Gasteiger partial charge in [0.15, 0.2) is 17.6 Å². The van der Waals surface area contributed by atoms with Gasteiger partial charge in [-0.25, -0.2) is 0 Å². The molecule has 0 aromatic heterocycles. The first kappa shape index (κ1) is 19.7. The predicted molar refractivity (Wildman–Crippen MR) is 107 cm³/mol. The Morgan fingerprint density at radius 3 is 2.46 bits per heavy atom. The molecule has 0 radical (unpaired) electrons. The van der Waals surface area contributed by atoms with Crippen molar-refractivity contribution in [2.45, 2.75) is 26.9 Å². The lowest BCUT2D eigenvalue weighted by atomic mass is 10.1. The Morgan fingerprint density at radius 1 is 1.11 bits per heavy atom. The molecule has 1 atom stereocenters. The summed E-state index contributed by atoms with van der Waals surface area (Å²) in [6, 6.07) is 13.1. The van der Waals surface area contributed by atoms with Gasteiger partial charge in [0.25, 0.3) is 5.91 Å². The maximum atomic E-state index is 12.6. The van der Waals surface area contributed by atoms with Gasteiger partial charge in [-0.3, -0.25) is 9.59 Å². The number of hydrogen-bond donors (Lipinski definition) is 1. The number of nitrogens with zero attached hydrogens (tertiary/aromatic N) is 1. The van der Waals surface area contributed by atoms with Crippen LogP contribution in [-0.2, 0) is 4.79 Å². The summed E-state index contributed by atoms with van der Waals surface area (Å²) >= 11 is 0. The minimum Gasteiger partial charge on any atom is -0.486 e. The van der Waals surface area contributed by atoms with Crippen molar-refractivity contribution in [1.29, 1.82) is 0 Å². The first-order valence-electron chi connectivity index (χ1n) is 9.49. The van der Waals surface area contributed by atoms with Gasteiger partial charge in [0, 0.05) is 12.1 Å². The summed E-state index contributed by atoms with van der Waals surface area (Å²) in [7, 11) is 0. The number of ether oxygens (including phenoxy) is 2. The SMILES string of the molecule is CCN(CC1COc2ccccc2O1)C(=O)CNC(=O)c1cc(C)cc(C)c1. The number of rotatable bonds is 6. The van der Waals surface area contributed by atoms with Crippen LogP contribution in [0, 0.1) is 13.8 Å². The number of amides is 2. The predicted octanol–water partition coefficient (Wildman–Crippen LogP) is 2.72. The number of aryl methyl sites for hydroxylation is 2. The molecule has 2 amide bonds. The molecular weight excluding hydrogens is 356 g/mol. The van der Waals surface area contributed by atoms with Crippen molar-refractivity contribution in [1.82, 2.24) is 10.2 Å². The maximum Gasteiger partial charge on any atom is 0.251 e. The topological polar surface area (TPSA) is 67.9 Å². The van der Waals surface area contributed by atoms with E-state index in [4.69, 9.17) is 9.47 Å². The minimum absolute atomic E-state index is 0.0518. The van der Waals surface area contributed by atoms with Gasteiger partial charge in [0.1, 0.15) is 6.61 Å². The van der Waals surface area contributed by atoms with E-state index in [1.54, 1.807) is 4.90 Å². The average molecular weight is 382 g/mol. The third kappa shape index (κ3) is 4.82. The first-order chi connectivity index (χ1) is 13.5. The molecule has 1 aliphatic rings. The van der Waals surface area contributed by atoms with Crippen LogP contribution >= 0.6 is 0 Å². The van der Waals surface area contributed by atoms with Crippen molar-refractivity contribution in [3.8, 4) is 11.5 Å². The molecule has 1 aliphatic heterocycles. The smallest absolute Gasteiger partial charge is 0.251 e. The van der Waals surface area contributed by atoms with Gasteiger partial charge in [0.2, 0.25) is 5.91 Å². The maximum absolute atomic E-state index is 12.6. The molecule has 148 valence electrons. The zero-order valence-electron chi connectivity index (χ0n) is 16.5. The Labute approximate surface area is 165 Å². The zero-order valence-corrected chi connectivity index (χ0v) is 16.5. The second-order valence-electron chi connectivity index (χ2n) is 6.99. The average Bonchev–Trinajstić information content (AvgIpc) is 2.69. The molecule has 6 nitrogen and oxygen atoms in total. The van der Waals surface area contributed by atoms with E-state index in [9.17, 15) is 9.59 Å². The Hall–Kier alpha value is -3.02. The molecule has 6 heteroatoms. The molecule has 3 rings (SSSR count). The highest BCUT2D eigenvalue weighted by molar-refractivity contribution is 5.96. The van der Waals surface area contributed by atoms with Crippen molar-refractivity contribution in [2.24, 2.45) is 0 Å². The molecule has 2 aromatic carbocycles. The van der Waals surface area contributed by atoms with Crippen molar-refractivity contribution in [3.05, 3.63) is 59.2 Å². The summed E-state index contributed by atoms with van der Waals surface area (Å²) in [6.07, 6.45) is -0.242. The second-order valence-corrected chi connectivity index (χ2v) is 6.99. The summed E-state index contributed by atoms with van der Waals surface area (Å²) < 4.78 is 11.6. The number of benzene rings is 2. The summed E-state index contributed by atoms with van der Waals surface area (Å²) in [5.74, 6) is 1.00. The molecule has 28 heavy (non-hydrogen) atoms. The molecule has 0 fully saturated rings. The summed E-state index contributed by atoms with van der Waals surface area (Å²) in [4.78, 5) is 26.6. The van der Waals surface area contributed by atoms with Gasteiger partial charge in [0.05, 0.1) is 13.1 Å². The van der Waals surface area contributed by atoms with Crippen molar-refractivity contribution < 1.29 is 19.1 Å². The minimum atomic E-state index is -0.248. The van der Waals surface area contributed by atoms with E-state index in [-0.39, 0.29) is 24.5 Å². The largest absolute Gasteiger partial charge is 0.486 e. The molecule has 1 N–H and O–H groups in total.